The van der Waals surface area contributed by atoms with Crippen molar-refractivity contribution in [2.24, 2.45) is 0 Å². The van der Waals surface area contributed by atoms with Crippen molar-refractivity contribution in [1.29, 1.82) is 0 Å². The summed E-state index contributed by atoms with van der Waals surface area (Å²) < 4.78 is 14.2. The van der Waals surface area contributed by atoms with Crippen molar-refractivity contribution >= 4 is 34.1 Å². The van der Waals surface area contributed by atoms with Gasteiger partial charge in [-0.25, -0.2) is 4.39 Å². The van der Waals surface area contributed by atoms with Gasteiger partial charge >= 0.3 is 0 Å². The number of hydrogen-bond acceptors (Lipinski definition) is 6. The van der Waals surface area contributed by atoms with Gasteiger partial charge in [0, 0.05) is 13.1 Å². The normalized spacial score (nSPS) is 10.5. The summed E-state index contributed by atoms with van der Waals surface area (Å²) in [7, 11) is 0. The molecule has 0 saturated carbocycles. The van der Waals surface area contributed by atoms with E-state index in [1.807, 2.05) is 0 Å². The second-order valence-electron chi connectivity index (χ2n) is 4.78. The van der Waals surface area contributed by atoms with E-state index in [0.29, 0.717) is 18.5 Å². The Balaban J connectivity index is 1.67. The molecule has 124 valence electrons. The number of halogens is 1. The summed E-state index contributed by atoms with van der Waals surface area (Å²) in [6, 6.07) is 6.59. The van der Waals surface area contributed by atoms with Crippen LogP contribution in [-0.4, -0.2) is 34.9 Å². The van der Waals surface area contributed by atoms with Crippen molar-refractivity contribution in [3.8, 4) is 0 Å². The topological polar surface area (TPSA) is 66.9 Å². The smallest absolute Gasteiger partial charge is 0.230 e. The molecular formula is C15H19FN4OS2. The van der Waals surface area contributed by atoms with Crippen LogP contribution in [0.5, 0.6) is 0 Å². The Labute approximate surface area is 143 Å². The van der Waals surface area contributed by atoms with E-state index in [9.17, 15) is 9.18 Å². The average molecular weight is 354 g/mol. The summed E-state index contributed by atoms with van der Waals surface area (Å²) in [5.41, 5.74) is 0.608. The summed E-state index contributed by atoms with van der Waals surface area (Å²) in [6.07, 6.45) is 1.50. The highest BCUT2D eigenvalue weighted by molar-refractivity contribution is 8.01. The Kier molecular flexibility index (Phi) is 7.28. The lowest BCUT2D eigenvalue weighted by molar-refractivity contribution is -0.118. The highest BCUT2D eigenvalue weighted by Crippen LogP contribution is 2.25. The van der Waals surface area contributed by atoms with Crippen molar-refractivity contribution < 1.29 is 9.18 Å². The van der Waals surface area contributed by atoms with E-state index in [4.69, 9.17) is 0 Å². The zero-order valence-corrected chi connectivity index (χ0v) is 14.5. The average Bonchev–Trinajstić information content (AvgIpc) is 3.01. The zero-order valence-electron chi connectivity index (χ0n) is 12.8. The summed E-state index contributed by atoms with van der Waals surface area (Å²) in [5.74, 6) is -0.0543. The van der Waals surface area contributed by atoms with Gasteiger partial charge in [0.05, 0.1) is 5.75 Å². The third-order valence-corrected chi connectivity index (χ3v) is 4.95. The lowest BCUT2D eigenvalue weighted by atomic mass is 10.1. The van der Waals surface area contributed by atoms with Gasteiger partial charge in [-0.05, 0) is 24.5 Å². The molecule has 1 aromatic carbocycles. The summed E-state index contributed by atoms with van der Waals surface area (Å²) in [6.45, 7) is 3.35. The highest BCUT2D eigenvalue weighted by Gasteiger charge is 2.08. The third-order valence-electron chi connectivity index (χ3n) is 2.93. The number of anilines is 1. The minimum atomic E-state index is -0.239. The van der Waals surface area contributed by atoms with Crippen LogP contribution in [0.4, 0.5) is 9.52 Å². The Morgan fingerprint density at radius 2 is 2.13 bits per heavy atom. The van der Waals surface area contributed by atoms with Crippen molar-refractivity contribution in [2.75, 3.05) is 24.2 Å². The number of carbonyl (C=O) groups excluding carboxylic acids is 1. The SMILES string of the molecule is CCCNc1nnc(SCC(=O)NCCc2ccccc2F)s1. The molecule has 8 heteroatoms. The largest absolute Gasteiger partial charge is 0.360 e. The van der Waals surface area contributed by atoms with E-state index in [0.717, 1.165) is 22.4 Å². The molecule has 1 amide bonds. The lowest BCUT2D eigenvalue weighted by Crippen LogP contribution is -2.27. The molecule has 1 heterocycles. The minimum Gasteiger partial charge on any atom is -0.360 e. The summed E-state index contributed by atoms with van der Waals surface area (Å²) >= 11 is 2.79. The maximum absolute atomic E-state index is 13.4. The monoisotopic (exact) mass is 354 g/mol. The van der Waals surface area contributed by atoms with E-state index in [1.54, 1.807) is 18.2 Å². The van der Waals surface area contributed by atoms with Crippen LogP contribution < -0.4 is 10.6 Å². The fourth-order valence-corrected chi connectivity index (χ4v) is 3.39. The molecule has 0 aliphatic carbocycles. The van der Waals surface area contributed by atoms with Crippen molar-refractivity contribution in [3.63, 3.8) is 0 Å². The first-order valence-electron chi connectivity index (χ1n) is 7.39. The predicted octanol–water partition coefficient (Wildman–Crippen LogP) is 2.95. The van der Waals surface area contributed by atoms with Crippen LogP contribution in [0.3, 0.4) is 0 Å². The van der Waals surface area contributed by atoms with Crippen molar-refractivity contribution in [2.45, 2.75) is 24.1 Å². The quantitative estimate of drug-likeness (QED) is 0.678. The van der Waals surface area contributed by atoms with Crippen LogP contribution in [0, 0.1) is 5.82 Å². The third kappa shape index (κ3) is 6.15. The van der Waals surface area contributed by atoms with E-state index in [1.165, 1.54) is 29.2 Å². The van der Waals surface area contributed by atoms with Crippen molar-refractivity contribution in [1.82, 2.24) is 15.5 Å². The van der Waals surface area contributed by atoms with Gasteiger partial charge in [-0.15, -0.1) is 10.2 Å². The molecule has 0 spiro atoms. The standard InChI is InChI=1S/C15H19FN4OS2/c1-2-8-18-14-19-20-15(23-14)22-10-13(21)17-9-7-11-5-3-4-6-12(11)16/h3-6H,2,7-10H2,1H3,(H,17,21)(H,18,19). The van der Waals surface area contributed by atoms with Gasteiger partial charge in [-0.2, -0.15) is 0 Å². The number of carbonyl (C=O) groups is 1. The maximum atomic E-state index is 13.4. The van der Waals surface area contributed by atoms with Gasteiger partial charge in [0.15, 0.2) is 4.34 Å². The molecule has 23 heavy (non-hydrogen) atoms. The zero-order chi connectivity index (χ0) is 16.5. The second-order valence-corrected chi connectivity index (χ2v) is 6.98. The number of thioether (sulfide) groups is 1. The van der Waals surface area contributed by atoms with E-state index < -0.39 is 0 Å². The van der Waals surface area contributed by atoms with E-state index in [-0.39, 0.29) is 17.5 Å². The van der Waals surface area contributed by atoms with Crippen LogP contribution in [0.15, 0.2) is 28.6 Å². The first kappa shape index (κ1) is 17.7. The van der Waals surface area contributed by atoms with Gasteiger partial charge in [-0.1, -0.05) is 48.2 Å². The van der Waals surface area contributed by atoms with Gasteiger partial charge < -0.3 is 10.6 Å². The number of nitrogens with one attached hydrogen (secondary N) is 2. The van der Waals surface area contributed by atoms with Crippen LogP contribution in [-0.2, 0) is 11.2 Å². The number of hydrogen-bond donors (Lipinski definition) is 2. The number of nitrogens with zero attached hydrogens (tertiary/aromatic N) is 2. The molecule has 0 fully saturated rings. The molecule has 0 radical (unpaired) electrons. The molecule has 0 bridgehead atoms. The Morgan fingerprint density at radius 3 is 2.91 bits per heavy atom. The Bertz CT molecular complexity index is 635. The molecule has 0 aliphatic rings. The number of benzene rings is 1. The molecule has 5 nitrogen and oxygen atoms in total. The molecule has 1 aromatic heterocycles. The molecule has 2 aromatic rings. The number of rotatable bonds is 9. The number of aromatic nitrogens is 2. The first-order valence-corrected chi connectivity index (χ1v) is 9.19. The fourth-order valence-electron chi connectivity index (χ4n) is 1.79. The summed E-state index contributed by atoms with van der Waals surface area (Å²) in [4.78, 5) is 11.8. The first-order chi connectivity index (χ1) is 11.2. The van der Waals surface area contributed by atoms with Crippen LogP contribution in [0.25, 0.3) is 0 Å². The van der Waals surface area contributed by atoms with E-state index >= 15 is 0 Å². The molecule has 0 saturated heterocycles. The molecule has 2 N–H and O–H groups in total. The minimum absolute atomic E-state index is 0.0930. The van der Waals surface area contributed by atoms with E-state index in [2.05, 4.69) is 27.8 Å². The predicted molar refractivity (Wildman–Crippen MR) is 92.5 cm³/mol. The molecule has 0 unspecified atom stereocenters. The highest BCUT2D eigenvalue weighted by atomic mass is 32.2. The second kappa shape index (κ2) is 9.46. The van der Waals surface area contributed by atoms with Gasteiger partial charge in [-0.3, -0.25) is 4.79 Å². The Morgan fingerprint density at radius 1 is 1.30 bits per heavy atom. The van der Waals surface area contributed by atoms with Gasteiger partial charge in [0.25, 0.3) is 0 Å². The molecule has 2 rings (SSSR count). The number of amides is 1. The van der Waals surface area contributed by atoms with Gasteiger partial charge in [0.2, 0.25) is 11.0 Å². The molecule has 0 aliphatic heterocycles. The van der Waals surface area contributed by atoms with Crippen LogP contribution in [0.1, 0.15) is 18.9 Å². The Hall–Kier alpha value is -1.67. The summed E-state index contributed by atoms with van der Waals surface area (Å²) in [5, 5.41) is 14.7. The lowest BCUT2D eigenvalue weighted by Gasteiger charge is -2.05. The van der Waals surface area contributed by atoms with Gasteiger partial charge in [0.1, 0.15) is 5.82 Å². The van der Waals surface area contributed by atoms with Crippen LogP contribution in [0.2, 0.25) is 0 Å². The van der Waals surface area contributed by atoms with Crippen LogP contribution >= 0.6 is 23.1 Å². The molecular weight excluding hydrogens is 335 g/mol. The fraction of sp³-hybridized carbons (Fsp3) is 0.400. The van der Waals surface area contributed by atoms with Crippen molar-refractivity contribution in [3.05, 3.63) is 35.6 Å². The molecule has 0 atom stereocenters. The maximum Gasteiger partial charge on any atom is 0.230 e.